The van der Waals surface area contributed by atoms with Crippen LogP contribution in [0.4, 0.5) is 20.6 Å². The minimum absolute atomic E-state index is 0.381. The van der Waals surface area contributed by atoms with Gasteiger partial charge in [0.05, 0.1) is 11.2 Å². The third-order valence-corrected chi connectivity index (χ3v) is 3.74. The first-order chi connectivity index (χ1) is 10.6. The van der Waals surface area contributed by atoms with E-state index in [1.54, 1.807) is 18.3 Å². The number of rotatable bonds is 2. The number of urea groups is 1. The van der Waals surface area contributed by atoms with Crippen LogP contribution in [0.1, 0.15) is 0 Å². The van der Waals surface area contributed by atoms with Crippen molar-refractivity contribution in [3.63, 3.8) is 0 Å². The van der Waals surface area contributed by atoms with Gasteiger partial charge in [0.2, 0.25) is 0 Å². The fraction of sp³-hybridized carbons (Fsp3) is 0. The molecule has 0 saturated heterocycles. The highest BCUT2D eigenvalue weighted by Gasteiger charge is 2.09. The predicted octanol–water partition coefficient (Wildman–Crippen LogP) is 4.78. The second kappa shape index (κ2) is 6.11. The van der Waals surface area contributed by atoms with E-state index in [1.807, 2.05) is 18.2 Å². The summed E-state index contributed by atoms with van der Waals surface area (Å²) in [7, 11) is 0. The molecule has 2 aromatic carbocycles. The second-order valence-electron chi connectivity index (χ2n) is 4.58. The highest BCUT2D eigenvalue weighted by molar-refractivity contribution is 9.10. The van der Waals surface area contributed by atoms with Crippen molar-refractivity contribution in [1.82, 2.24) is 4.98 Å². The summed E-state index contributed by atoms with van der Waals surface area (Å²) in [6.07, 6.45) is 1.66. The van der Waals surface area contributed by atoms with E-state index in [9.17, 15) is 9.18 Å². The first-order valence-electron chi connectivity index (χ1n) is 6.50. The first-order valence-corrected chi connectivity index (χ1v) is 7.29. The molecule has 6 heteroatoms. The Morgan fingerprint density at radius 2 is 1.95 bits per heavy atom. The number of anilines is 2. The lowest BCUT2D eigenvalue weighted by atomic mass is 10.2. The zero-order chi connectivity index (χ0) is 15.5. The van der Waals surface area contributed by atoms with Gasteiger partial charge in [0.15, 0.2) is 0 Å². The van der Waals surface area contributed by atoms with Crippen LogP contribution < -0.4 is 10.6 Å². The number of pyridine rings is 1. The number of hydrogen-bond donors (Lipinski definition) is 2. The number of amides is 2. The normalized spacial score (nSPS) is 10.5. The maximum atomic E-state index is 13.1. The first kappa shape index (κ1) is 14.5. The molecule has 0 aliphatic heterocycles. The largest absolute Gasteiger partial charge is 0.323 e. The maximum absolute atomic E-state index is 13.1. The molecule has 0 bridgehead atoms. The van der Waals surface area contributed by atoms with Crippen molar-refractivity contribution in [1.29, 1.82) is 0 Å². The van der Waals surface area contributed by atoms with Gasteiger partial charge in [-0.25, -0.2) is 9.18 Å². The van der Waals surface area contributed by atoms with E-state index in [-0.39, 0.29) is 0 Å². The number of fused-ring (bicyclic) bond motifs is 1. The molecule has 110 valence electrons. The van der Waals surface area contributed by atoms with E-state index in [2.05, 4.69) is 31.5 Å². The molecule has 2 N–H and O–H groups in total. The minimum atomic E-state index is -0.458. The van der Waals surface area contributed by atoms with Crippen LogP contribution in [0, 0.1) is 5.82 Å². The van der Waals surface area contributed by atoms with Crippen molar-refractivity contribution in [2.45, 2.75) is 0 Å². The van der Waals surface area contributed by atoms with Crippen LogP contribution in [-0.2, 0) is 0 Å². The van der Waals surface area contributed by atoms with Crippen molar-refractivity contribution in [3.05, 3.63) is 65.0 Å². The summed E-state index contributed by atoms with van der Waals surface area (Å²) in [4.78, 5) is 16.3. The van der Waals surface area contributed by atoms with E-state index < -0.39 is 11.8 Å². The predicted molar refractivity (Wildman–Crippen MR) is 88.5 cm³/mol. The lowest BCUT2D eigenvalue weighted by Crippen LogP contribution is -2.19. The maximum Gasteiger partial charge on any atom is 0.323 e. The third-order valence-electron chi connectivity index (χ3n) is 3.05. The fourth-order valence-electron chi connectivity index (χ4n) is 2.09. The average Bonchev–Trinajstić information content (AvgIpc) is 2.50. The molecule has 2 amide bonds. The quantitative estimate of drug-likeness (QED) is 0.691. The molecule has 1 heterocycles. The smallest absolute Gasteiger partial charge is 0.308 e. The van der Waals surface area contributed by atoms with Crippen LogP contribution in [0.5, 0.6) is 0 Å². The zero-order valence-corrected chi connectivity index (χ0v) is 12.9. The number of halogens is 2. The van der Waals surface area contributed by atoms with E-state index >= 15 is 0 Å². The lowest BCUT2D eigenvalue weighted by Gasteiger charge is -2.10. The Morgan fingerprint density at radius 3 is 2.77 bits per heavy atom. The Kier molecular flexibility index (Phi) is 4.02. The summed E-state index contributed by atoms with van der Waals surface area (Å²) in [5, 5.41) is 6.20. The molecule has 0 unspecified atom stereocenters. The molecule has 1 aromatic heterocycles. The number of carbonyl (C=O) groups is 1. The minimum Gasteiger partial charge on any atom is -0.308 e. The highest BCUT2D eigenvalue weighted by atomic mass is 79.9. The summed E-state index contributed by atoms with van der Waals surface area (Å²) < 4.78 is 14.0. The summed E-state index contributed by atoms with van der Waals surface area (Å²) in [5.74, 6) is -0.409. The van der Waals surface area contributed by atoms with Crippen molar-refractivity contribution in [2.24, 2.45) is 0 Å². The van der Waals surface area contributed by atoms with Gasteiger partial charge >= 0.3 is 6.03 Å². The van der Waals surface area contributed by atoms with Crippen LogP contribution in [-0.4, -0.2) is 11.0 Å². The zero-order valence-electron chi connectivity index (χ0n) is 11.3. The second-order valence-corrected chi connectivity index (χ2v) is 5.44. The Morgan fingerprint density at radius 1 is 1.09 bits per heavy atom. The van der Waals surface area contributed by atoms with E-state index in [0.29, 0.717) is 16.9 Å². The summed E-state index contributed by atoms with van der Waals surface area (Å²) in [6.45, 7) is 0. The SMILES string of the molecule is O=C(Nc1cccc(F)c1)Nc1ccc(Br)c2cccnc12. The van der Waals surface area contributed by atoms with Crippen LogP contribution in [0.3, 0.4) is 0 Å². The van der Waals surface area contributed by atoms with Crippen molar-refractivity contribution >= 4 is 44.2 Å². The monoisotopic (exact) mass is 359 g/mol. The van der Waals surface area contributed by atoms with Gasteiger partial charge in [-0.2, -0.15) is 0 Å². The van der Waals surface area contributed by atoms with Gasteiger partial charge in [0.25, 0.3) is 0 Å². The van der Waals surface area contributed by atoms with Gasteiger partial charge in [-0.1, -0.05) is 28.1 Å². The van der Waals surface area contributed by atoms with Crippen LogP contribution >= 0.6 is 15.9 Å². The number of hydrogen-bond acceptors (Lipinski definition) is 2. The number of nitrogens with one attached hydrogen (secondary N) is 2. The fourth-order valence-corrected chi connectivity index (χ4v) is 2.54. The third kappa shape index (κ3) is 3.07. The van der Waals surface area contributed by atoms with E-state index in [0.717, 1.165) is 9.86 Å². The lowest BCUT2D eigenvalue weighted by molar-refractivity contribution is 0.262. The van der Waals surface area contributed by atoms with Crippen molar-refractivity contribution in [2.75, 3.05) is 10.6 Å². The van der Waals surface area contributed by atoms with E-state index in [1.165, 1.54) is 18.2 Å². The average molecular weight is 360 g/mol. The summed E-state index contributed by atoms with van der Waals surface area (Å²) >= 11 is 3.45. The molecule has 0 fully saturated rings. The van der Waals surface area contributed by atoms with Gasteiger partial charge in [-0.15, -0.1) is 0 Å². The summed E-state index contributed by atoms with van der Waals surface area (Å²) in [6, 6.07) is 12.6. The Labute approximate surface area is 134 Å². The molecule has 0 aliphatic rings. The number of nitrogens with zero attached hydrogens (tertiary/aromatic N) is 1. The molecule has 0 saturated carbocycles. The number of carbonyl (C=O) groups excluding carboxylic acids is 1. The van der Waals surface area contributed by atoms with Gasteiger partial charge in [0, 0.05) is 21.7 Å². The molecule has 0 atom stereocenters. The van der Waals surface area contributed by atoms with Crippen LogP contribution in [0.15, 0.2) is 59.2 Å². The molecule has 4 nitrogen and oxygen atoms in total. The van der Waals surface area contributed by atoms with Gasteiger partial charge in [-0.3, -0.25) is 4.98 Å². The van der Waals surface area contributed by atoms with Crippen LogP contribution in [0.2, 0.25) is 0 Å². The van der Waals surface area contributed by atoms with Gasteiger partial charge < -0.3 is 10.6 Å². The molecule has 0 aliphatic carbocycles. The number of benzene rings is 2. The Bertz CT molecular complexity index is 854. The van der Waals surface area contributed by atoms with Crippen molar-refractivity contribution in [3.8, 4) is 0 Å². The topological polar surface area (TPSA) is 54.0 Å². The van der Waals surface area contributed by atoms with Gasteiger partial charge in [0.1, 0.15) is 5.82 Å². The standard InChI is InChI=1S/C16H11BrFN3O/c17-13-6-7-14(15-12(13)5-2-8-19-15)21-16(22)20-11-4-1-3-10(18)9-11/h1-9H,(H2,20,21,22). The Hall–Kier alpha value is -2.47. The van der Waals surface area contributed by atoms with Crippen LogP contribution in [0.25, 0.3) is 10.9 Å². The molecule has 0 spiro atoms. The number of aromatic nitrogens is 1. The Balaban J connectivity index is 1.84. The highest BCUT2D eigenvalue weighted by Crippen LogP contribution is 2.28. The molecular formula is C16H11BrFN3O. The van der Waals surface area contributed by atoms with E-state index in [4.69, 9.17) is 0 Å². The summed E-state index contributed by atoms with van der Waals surface area (Å²) in [5.41, 5.74) is 1.63. The molecular weight excluding hydrogens is 349 g/mol. The molecule has 0 radical (unpaired) electrons. The van der Waals surface area contributed by atoms with Gasteiger partial charge in [-0.05, 0) is 36.4 Å². The van der Waals surface area contributed by atoms with Crippen molar-refractivity contribution < 1.29 is 9.18 Å². The molecule has 3 aromatic rings. The molecule has 3 rings (SSSR count). The molecule has 22 heavy (non-hydrogen) atoms.